The molecule has 78 valence electrons. The van der Waals surface area contributed by atoms with Crippen LogP contribution in [0, 0.1) is 5.41 Å². The van der Waals surface area contributed by atoms with Crippen LogP contribution in [0.2, 0.25) is 0 Å². The highest BCUT2D eigenvalue weighted by molar-refractivity contribution is 5.73. The van der Waals surface area contributed by atoms with E-state index in [2.05, 4.69) is 0 Å². The van der Waals surface area contributed by atoms with Gasteiger partial charge >= 0.3 is 12.1 Å². The fraction of sp³-hybridized carbons (Fsp3) is 0.857. The smallest absolute Gasteiger partial charge is 0.401 e. The summed E-state index contributed by atoms with van der Waals surface area (Å²) in [5.74, 6) is -1.12. The van der Waals surface area contributed by atoms with Crippen molar-refractivity contribution in [1.29, 1.82) is 0 Å². The molecule has 3 nitrogen and oxygen atoms in total. The maximum atomic E-state index is 11.6. The number of nitrogens with one attached hydrogen (secondary N) is 1. The molecule has 6 heteroatoms. The number of aliphatic carboxylic acids is 1. The third-order valence-electron chi connectivity index (χ3n) is 1.47. The third-order valence-corrected chi connectivity index (χ3v) is 1.47. The first kappa shape index (κ1) is 12.2. The molecule has 0 saturated carbocycles. The number of carboxylic acid groups (broad SMARTS) is 1. The number of hydrogen-bond acceptors (Lipinski definition) is 2. The molecule has 0 aliphatic rings. The van der Waals surface area contributed by atoms with Crippen molar-refractivity contribution >= 4 is 5.97 Å². The molecule has 0 rings (SSSR count). The molecule has 0 aliphatic heterocycles. The summed E-state index contributed by atoms with van der Waals surface area (Å²) in [5, 5.41) is 10.6. The Labute approximate surface area is 73.9 Å². The van der Waals surface area contributed by atoms with Gasteiger partial charge in [-0.2, -0.15) is 13.2 Å². The Bertz CT molecular complexity index is 189. The van der Waals surface area contributed by atoms with Gasteiger partial charge in [0.2, 0.25) is 0 Å². The lowest BCUT2D eigenvalue weighted by Crippen LogP contribution is -2.39. The Morgan fingerprint density at radius 3 is 2.08 bits per heavy atom. The molecule has 0 saturated heterocycles. The van der Waals surface area contributed by atoms with Crippen LogP contribution in [0.15, 0.2) is 0 Å². The molecule has 0 aromatic carbocycles. The highest BCUT2D eigenvalue weighted by atomic mass is 19.4. The molecule has 0 fully saturated rings. The Hall–Kier alpha value is -0.780. The topological polar surface area (TPSA) is 49.3 Å². The van der Waals surface area contributed by atoms with E-state index in [1.165, 1.54) is 13.8 Å². The molecule has 0 bridgehead atoms. The van der Waals surface area contributed by atoms with E-state index in [9.17, 15) is 18.0 Å². The van der Waals surface area contributed by atoms with E-state index in [1.54, 1.807) is 0 Å². The second-order valence-corrected chi connectivity index (χ2v) is 3.41. The number of alkyl halides is 3. The third kappa shape index (κ3) is 5.46. The Morgan fingerprint density at radius 2 is 1.77 bits per heavy atom. The maximum Gasteiger partial charge on any atom is 0.401 e. The lowest BCUT2D eigenvalue weighted by Gasteiger charge is -2.19. The zero-order chi connectivity index (χ0) is 10.7. The molecular formula is C7H12F3NO2. The van der Waals surface area contributed by atoms with E-state index in [0.29, 0.717) is 0 Å². The van der Waals surface area contributed by atoms with Gasteiger partial charge < -0.3 is 10.4 Å². The van der Waals surface area contributed by atoms with Gasteiger partial charge in [-0.25, -0.2) is 0 Å². The number of rotatable bonds is 4. The molecule has 0 unspecified atom stereocenters. The normalized spacial score (nSPS) is 13.0. The van der Waals surface area contributed by atoms with Crippen LogP contribution >= 0.6 is 0 Å². The largest absolute Gasteiger partial charge is 0.481 e. The number of hydrogen-bond donors (Lipinski definition) is 2. The second kappa shape index (κ2) is 3.95. The van der Waals surface area contributed by atoms with E-state index in [0.717, 1.165) is 0 Å². The van der Waals surface area contributed by atoms with Crippen LogP contribution in [0.1, 0.15) is 13.8 Å². The van der Waals surface area contributed by atoms with Crippen LogP contribution in [-0.2, 0) is 4.79 Å². The standard InChI is InChI=1S/C7H12F3NO2/c1-6(2,5(12)13)3-11-4-7(8,9)10/h11H,3-4H2,1-2H3,(H,12,13). The van der Waals surface area contributed by atoms with E-state index in [1.807, 2.05) is 5.32 Å². The summed E-state index contributed by atoms with van der Waals surface area (Å²) < 4.78 is 34.9. The highest BCUT2D eigenvalue weighted by Crippen LogP contribution is 2.16. The van der Waals surface area contributed by atoms with Crippen LogP contribution < -0.4 is 5.32 Å². The Kier molecular flexibility index (Phi) is 3.71. The van der Waals surface area contributed by atoms with Gasteiger partial charge in [0.15, 0.2) is 0 Å². The van der Waals surface area contributed by atoms with Gasteiger partial charge in [0.1, 0.15) is 0 Å². The first-order valence-electron chi connectivity index (χ1n) is 3.66. The van der Waals surface area contributed by atoms with Gasteiger partial charge in [0.25, 0.3) is 0 Å². The van der Waals surface area contributed by atoms with Crippen molar-refractivity contribution in [1.82, 2.24) is 5.32 Å². The van der Waals surface area contributed by atoms with Crippen molar-refractivity contribution in [3.05, 3.63) is 0 Å². The van der Waals surface area contributed by atoms with Crippen LogP contribution in [0.25, 0.3) is 0 Å². The summed E-state index contributed by atoms with van der Waals surface area (Å²) in [6, 6.07) is 0. The summed E-state index contributed by atoms with van der Waals surface area (Å²) in [5.41, 5.74) is -1.18. The summed E-state index contributed by atoms with van der Waals surface area (Å²) in [6.45, 7) is 1.35. The van der Waals surface area contributed by atoms with Crippen molar-refractivity contribution in [2.45, 2.75) is 20.0 Å². The van der Waals surface area contributed by atoms with Gasteiger partial charge in [-0.15, -0.1) is 0 Å². The predicted octanol–water partition coefficient (Wildman–Crippen LogP) is 1.25. The zero-order valence-corrected chi connectivity index (χ0v) is 7.40. The first-order chi connectivity index (χ1) is 5.65. The van der Waals surface area contributed by atoms with Gasteiger partial charge in [-0.1, -0.05) is 0 Å². The van der Waals surface area contributed by atoms with E-state index in [4.69, 9.17) is 5.11 Å². The van der Waals surface area contributed by atoms with Crippen LogP contribution in [0.3, 0.4) is 0 Å². The minimum Gasteiger partial charge on any atom is -0.481 e. The summed E-state index contributed by atoms with van der Waals surface area (Å²) in [6.07, 6.45) is -4.30. The van der Waals surface area contributed by atoms with Crippen molar-refractivity contribution in [3.8, 4) is 0 Å². The van der Waals surface area contributed by atoms with Crippen molar-refractivity contribution in [3.63, 3.8) is 0 Å². The average Bonchev–Trinajstić information content (AvgIpc) is 1.82. The molecule has 0 spiro atoms. The van der Waals surface area contributed by atoms with Crippen molar-refractivity contribution < 1.29 is 23.1 Å². The van der Waals surface area contributed by atoms with Crippen LogP contribution in [0.4, 0.5) is 13.2 Å². The minimum absolute atomic E-state index is 0.207. The van der Waals surface area contributed by atoms with Gasteiger partial charge in [0.05, 0.1) is 12.0 Å². The lowest BCUT2D eigenvalue weighted by atomic mass is 9.94. The molecular weight excluding hydrogens is 187 g/mol. The van der Waals surface area contributed by atoms with Crippen LogP contribution in [0.5, 0.6) is 0 Å². The Morgan fingerprint density at radius 1 is 1.31 bits per heavy atom. The molecule has 0 atom stereocenters. The quantitative estimate of drug-likeness (QED) is 0.716. The summed E-state index contributed by atoms with van der Waals surface area (Å²) in [4.78, 5) is 10.5. The SMILES string of the molecule is CC(C)(CNCC(F)(F)F)C(=O)O. The van der Waals surface area contributed by atoms with Gasteiger partial charge in [-0.3, -0.25) is 4.79 Å². The number of carboxylic acids is 1. The fourth-order valence-electron chi connectivity index (χ4n) is 0.592. The van der Waals surface area contributed by atoms with Crippen molar-refractivity contribution in [2.24, 2.45) is 5.41 Å². The molecule has 0 aromatic rings. The fourth-order valence-corrected chi connectivity index (χ4v) is 0.592. The molecule has 0 radical (unpaired) electrons. The Balaban J connectivity index is 3.84. The zero-order valence-electron chi connectivity index (χ0n) is 7.40. The minimum atomic E-state index is -4.30. The molecule has 0 aliphatic carbocycles. The highest BCUT2D eigenvalue weighted by Gasteiger charge is 2.31. The van der Waals surface area contributed by atoms with Gasteiger partial charge in [-0.05, 0) is 13.8 Å². The molecule has 13 heavy (non-hydrogen) atoms. The van der Waals surface area contributed by atoms with Gasteiger partial charge in [0, 0.05) is 6.54 Å². The monoisotopic (exact) mass is 199 g/mol. The van der Waals surface area contributed by atoms with Crippen LogP contribution in [-0.4, -0.2) is 30.3 Å². The maximum absolute atomic E-state index is 11.6. The number of halogens is 3. The van der Waals surface area contributed by atoms with Crippen molar-refractivity contribution in [2.75, 3.05) is 13.1 Å². The predicted molar refractivity (Wildman–Crippen MR) is 40.3 cm³/mol. The second-order valence-electron chi connectivity index (χ2n) is 3.41. The van der Waals surface area contributed by atoms with E-state index < -0.39 is 24.1 Å². The lowest BCUT2D eigenvalue weighted by molar-refractivity contribution is -0.148. The molecule has 0 aromatic heterocycles. The summed E-state index contributed by atoms with van der Waals surface area (Å²) in [7, 11) is 0. The number of carbonyl (C=O) groups is 1. The molecule has 0 amide bonds. The molecule has 0 heterocycles. The molecule has 2 N–H and O–H groups in total. The summed E-state index contributed by atoms with van der Waals surface area (Å²) >= 11 is 0. The van der Waals surface area contributed by atoms with E-state index in [-0.39, 0.29) is 6.54 Å². The first-order valence-corrected chi connectivity index (χ1v) is 3.66. The average molecular weight is 199 g/mol. The van der Waals surface area contributed by atoms with E-state index >= 15 is 0 Å².